The van der Waals surface area contributed by atoms with E-state index in [1.54, 1.807) is 0 Å². The van der Waals surface area contributed by atoms with Crippen molar-refractivity contribution in [1.82, 2.24) is 4.90 Å². The van der Waals surface area contributed by atoms with E-state index in [0.717, 1.165) is 5.41 Å². The first kappa shape index (κ1) is 10.2. The topological polar surface area (TPSA) is 3.24 Å². The Balaban J connectivity index is 1.96. The maximum absolute atomic E-state index is 2.52. The second kappa shape index (κ2) is 3.10. The summed E-state index contributed by atoms with van der Waals surface area (Å²) in [6, 6.07) is 0.705. The van der Waals surface area contributed by atoms with Crippen molar-refractivity contribution >= 4 is 0 Å². The lowest BCUT2D eigenvalue weighted by Crippen LogP contribution is -2.23. The van der Waals surface area contributed by atoms with Crippen LogP contribution in [0.25, 0.3) is 0 Å². The number of hydrogen-bond donors (Lipinski definition) is 0. The van der Waals surface area contributed by atoms with E-state index in [1.165, 1.54) is 25.8 Å². The van der Waals surface area contributed by atoms with E-state index in [4.69, 9.17) is 0 Å². The maximum atomic E-state index is 2.52. The summed E-state index contributed by atoms with van der Waals surface area (Å²) in [7, 11) is 2.27. The van der Waals surface area contributed by atoms with Gasteiger partial charge in [0.25, 0.3) is 0 Å². The Morgan fingerprint density at radius 2 is 1.93 bits per heavy atom. The Bertz CT molecular complexity index is 242. The van der Waals surface area contributed by atoms with Crippen LogP contribution in [0.1, 0.15) is 40.0 Å². The summed E-state index contributed by atoms with van der Waals surface area (Å²) in [5, 5.41) is 0. The number of allylic oxidation sites excluding steroid dienone is 1. The Kier molecular flexibility index (Phi) is 2.26. The third-order valence-corrected chi connectivity index (χ3v) is 3.57. The first-order valence-corrected chi connectivity index (χ1v) is 5.80. The number of likely N-dealkylation sites (N-methyl/N-ethyl adjacent to an activating group) is 1. The molecule has 2 rings (SSSR count). The molecule has 1 atom stereocenters. The number of nitrogens with zero attached hydrogens (tertiary/aromatic N) is 1. The maximum Gasteiger partial charge on any atom is 0.0281 e. The number of hydrogen-bond acceptors (Lipinski definition) is 1. The van der Waals surface area contributed by atoms with Crippen LogP contribution in [0.5, 0.6) is 0 Å². The summed E-state index contributed by atoms with van der Waals surface area (Å²) < 4.78 is 0. The highest BCUT2D eigenvalue weighted by atomic mass is 15.2. The SMILES string of the molecule is CN1CC2(CC2)CC1/C=C/C(C)(C)C. The Morgan fingerprint density at radius 1 is 1.29 bits per heavy atom. The van der Waals surface area contributed by atoms with Crippen molar-refractivity contribution in [3.05, 3.63) is 12.2 Å². The molecule has 1 unspecified atom stereocenters. The average molecular weight is 193 g/mol. The minimum Gasteiger partial charge on any atom is -0.299 e. The molecular weight excluding hydrogens is 170 g/mol. The summed E-state index contributed by atoms with van der Waals surface area (Å²) >= 11 is 0. The van der Waals surface area contributed by atoms with Crippen molar-refractivity contribution in [3.63, 3.8) is 0 Å². The van der Waals surface area contributed by atoms with Crippen molar-refractivity contribution in [2.75, 3.05) is 13.6 Å². The van der Waals surface area contributed by atoms with Crippen LogP contribution in [0, 0.1) is 10.8 Å². The number of rotatable bonds is 1. The minimum absolute atomic E-state index is 0.333. The Morgan fingerprint density at radius 3 is 2.36 bits per heavy atom. The van der Waals surface area contributed by atoms with Gasteiger partial charge in [0.05, 0.1) is 0 Å². The first-order valence-electron chi connectivity index (χ1n) is 5.80. The minimum atomic E-state index is 0.333. The molecule has 1 aliphatic carbocycles. The van der Waals surface area contributed by atoms with Crippen LogP contribution >= 0.6 is 0 Å². The zero-order valence-corrected chi connectivity index (χ0v) is 10.0. The molecule has 1 nitrogen and oxygen atoms in total. The summed E-state index contributed by atoms with van der Waals surface area (Å²) in [4.78, 5) is 2.52. The second-order valence-electron chi connectivity index (χ2n) is 6.41. The lowest BCUT2D eigenvalue weighted by molar-refractivity contribution is 0.344. The van der Waals surface area contributed by atoms with Gasteiger partial charge in [-0.2, -0.15) is 0 Å². The highest BCUT2D eigenvalue weighted by Gasteiger charge is 2.49. The smallest absolute Gasteiger partial charge is 0.0281 e. The zero-order valence-electron chi connectivity index (χ0n) is 10.0. The molecule has 2 aliphatic rings. The van der Waals surface area contributed by atoms with Crippen LogP contribution < -0.4 is 0 Å². The number of likely N-dealkylation sites (tertiary alicyclic amines) is 1. The van der Waals surface area contributed by atoms with Crippen molar-refractivity contribution in [2.45, 2.75) is 46.1 Å². The van der Waals surface area contributed by atoms with Crippen LogP contribution in [0.15, 0.2) is 12.2 Å². The molecule has 2 fully saturated rings. The van der Waals surface area contributed by atoms with Gasteiger partial charge in [0.1, 0.15) is 0 Å². The highest BCUT2D eigenvalue weighted by molar-refractivity contribution is 5.11. The molecule has 1 spiro atoms. The molecular formula is C13H23N. The molecule has 0 aromatic carbocycles. The van der Waals surface area contributed by atoms with Gasteiger partial charge < -0.3 is 0 Å². The molecule has 14 heavy (non-hydrogen) atoms. The molecule has 0 amide bonds. The second-order valence-corrected chi connectivity index (χ2v) is 6.41. The molecule has 0 N–H and O–H groups in total. The van der Waals surface area contributed by atoms with Crippen LogP contribution in [-0.2, 0) is 0 Å². The van der Waals surface area contributed by atoms with E-state index in [-0.39, 0.29) is 0 Å². The quantitative estimate of drug-likeness (QED) is 0.578. The van der Waals surface area contributed by atoms with Gasteiger partial charge in [0.15, 0.2) is 0 Å². The summed E-state index contributed by atoms with van der Waals surface area (Å²) in [6.07, 6.45) is 9.13. The molecule has 0 aromatic heterocycles. The predicted molar refractivity (Wildman–Crippen MR) is 61.3 cm³/mol. The average Bonchev–Trinajstić information content (AvgIpc) is 2.68. The van der Waals surface area contributed by atoms with Crippen LogP contribution in [0.4, 0.5) is 0 Å². The van der Waals surface area contributed by atoms with Gasteiger partial charge in [-0.1, -0.05) is 32.9 Å². The summed E-state index contributed by atoms with van der Waals surface area (Å²) in [6.45, 7) is 8.13. The van der Waals surface area contributed by atoms with Crippen molar-refractivity contribution in [1.29, 1.82) is 0 Å². The first-order chi connectivity index (χ1) is 6.40. The Hall–Kier alpha value is -0.300. The summed E-state index contributed by atoms with van der Waals surface area (Å²) in [5.41, 5.74) is 1.07. The van der Waals surface area contributed by atoms with Gasteiger partial charge in [-0.3, -0.25) is 4.90 Å². The largest absolute Gasteiger partial charge is 0.299 e. The van der Waals surface area contributed by atoms with Gasteiger partial charge in [-0.05, 0) is 37.1 Å². The molecule has 80 valence electrons. The molecule has 1 heteroatoms. The fourth-order valence-electron chi connectivity index (χ4n) is 2.46. The molecule has 1 aliphatic heterocycles. The molecule has 1 saturated carbocycles. The highest BCUT2D eigenvalue weighted by Crippen LogP contribution is 2.54. The molecule has 1 saturated heterocycles. The monoisotopic (exact) mass is 193 g/mol. The lowest BCUT2D eigenvalue weighted by Gasteiger charge is -2.18. The van der Waals surface area contributed by atoms with E-state index in [1.807, 2.05) is 0 Å². The van der Waals surface area contributed by atoms with E-state index >= 15 is 0 Å². The molecule has 0 aromatic rings. The van der Waals surface area contributed by atoms with Gasteiger partial charge in [0.2, 0.25) is 0 Å². The standard InChI is InChI=1S/C13H23N/c1-12(2,3)6-5-11-9-13(7-8-13)10-14(11)4/h5-6,11H,7-10H2,1-4H3/b6-5+. The van der Waals surface area contributed by atoms with E-state index in [0.29, 0.717) is 11.5 Å². The predicted octanol–water partition coefficient (Wildman–Crippen LogP) is 3.07. The van der Waals surface area contributed by atoms with Gasteiger partial charge in [0, 0.05) is 12.6 Å². The fraction of sp³-hybridized carbons (Fsp3) is 0.846. The van der Waals surface area contributed by atoms with Crippen LogP contribution in [-0.4, -0.2) is 24.5 Å². The van der Waals surface area contributed by atoms with Crippen molar-refractivity contribution < 1.29 is 0 Å². The van der Waals surface area contributed by atoms with Gasteiger partial charge in [-0.15, -0.1) is 0 Å². The van der Waals surface area contributed by atoms with E-state index in [2.05, 4.69) is 44.9 Å². The fourth-order valence-corrected chi connectivity index (χ4v) is 2.46. The zero-order chi connectivity index (χ0) is 10.4. The Labute approximate surface area is 88.2 Å². The molecule has 1 heterocycles. The van der Waals surface area contributed by atoms with Crippen LogP contribution in [0.2, 0.25) is 0 Å². The lowest BCUT2D eigenvalue weighted by atomic mass is 9.94. The van der Waals surface area contributed by atoms with Crippen molar-refractivity contribution in [3.8, 4) is 0 Å². The third kappa shape index (κ3) is 2.20. The molecule has 0 bridgehead atoms. The van der Waals surface area contributed by atoms with Crippen molar-refractivity contribution in [2.24, 2.45) is 10.8 Å². The van der Waals surface area contributed by atoms with Gasteiger partial charge in [-0.25, -0.2) is 0 Å². The normalized spacial score (nSPS) is 31.9. The van der Waals surface area contributed by atoms with Crippen LogP contribution in [0.3, 0.4) is 0 Å². The van der Waals surface area contributed by atoms with E-state index in [9.17, 15) is 0 Å². The molecule has 0 radical (unpaired) electrons. The van der Waals surface area contributed by atoms with Gasteiger partial charge >= 0.3 is 0 Å². The third-order valence-electron chi connectivity index (χ3n) is 3.57. The van der Waals surface area contributed by atoms with E-state index < -0.39 is 0 Å². The summed E-state index contributed by atoms with van der Waals surface area (Å²) in [5.74, 6) is 0.